The maximum atomic E-state index is 12.2. The molecule has 0 bridgehead atoms. The van der Waals surface area contributed by atoms with Gasteiger partial charge < -0.3 is 14.8 Å². The fourth-order valence-electron chi connectivity index (χ4n) is 2.13. The van der Waals surface area contributed by atoms with E-state index in [9.17, 15) is 14.4 Å². The van der Waals surface area contributed by atoms with Crippen molar-refractivity contribution in [3.8, 4) is 0 Å². The van der Waals surface area contributed by atoms with Crippen molar-refractivity contribution in [3.05, 3.63) is 75.1 Å². The van der Waals surface area contributed by atoms with E-state index in [1.165, 1.54) is 36.4 Å². The van der Waals surface area contributed by atoms with Gasteiger partial charge in [-0.1, -0.05) is 11.6 Å². The van der Waals surface area contributed by atoms with Crippen LogP contribution in [0.2, 0.25) is 5.02 Å². The zero-order chi connectivity index (χ0) is 17.3. The van der Waals surface area contributed by atoms with E-state index in [1.807, 2.05) is 0 Å². The lowest BCUT2D eigenvalue weighted by atomic mass is 10.2. The van der Waals surface area contributed by atoms with Crippen molar-refractivity contribution in [1.29, 1.82) is 0 Å². The molecule has 0 aliphatic heterocycles. The summed E-state index contributed by atoms with van der Waals surface area (Å²) in [6.45, 7) is 0. The Morgan fingerprint density at radius 2 is 1.75 bits per heavy atom. The molecule has 1 amide bonds. The number of carboxylic acid groups (broad SMARTS) is 1. The summed E-state index contributed by atoms with van der Waals surface area (Å²) in [6, 6.07) is 11.2. The van der Waals surface area contributed by atoms with Crippen LogP contribution in [0.1, 0.15) is 20.9 Å². The van der Waals surface area contributed by atoms with Crippen LogP contribution in [0, 0.1) is 0 Å². The number of fused-ring (bicyclic) bond motifs is 1. The average Bonchev–Trinajstić information content (AvgIpc) is 2.55. The zero-order valence-corrected chi connectivity index (χ0v) is 12.8. The molecule has 3 rings (SSSR count). The van der Waals surface area contributed by atoms with Crippen molar-refractivity contribution in [2.24, 2.45) is 0 Å². The number of benzene rings is 2. The number of anilines is 1. The maximum absolute atomic E-state index is 12.2. The molecule has 0 saturated carbocycles. The largest absolute Gasteiger partial charge is 0.478 e. The Hall–Kier alpha value is -3.12. The van der Waals surface area contributed by atoms with Crippen molar-refractivity contribution < 1.29 is 19.1 Å². The Morgan fingerprint density at radius 3 is 2.42 bits per heavy atom. The first-order valence-electron chi connectivity index (χ1n) is 6.82. The van der Waals surface area contributed by atoms with Gasteiger partial charge in [-0.3, -0.25) is 9.59 Å². The zero-order valence-electron chi connectivity index (χ0n) is 12.1. The Labute approximate surface area is 140 Å². The van der Waals surface area contributed by atoms with Gasteiger partial charge in [-0.25, -0.2) is 4.79 Å². The molecule has 0 spiro atoms. The lowest BCUT2D eigenvalue weighted by Gasteiger charge is -2.06. The van der Waals surface area contributed by atoms with Crippen LogP contribution in [-0.4, -0.2) is 17.0 Å². The van der Waals surface area contributed by atoms with E-state index in [2.05, 4.69) is 5.32 Å². The molecule has 0 fully saturated rings. The summed E-state index contributed by atoms with van der Waals surface area (Å²) >= 11 is 5.83. The molecule has 1 aromatic heterocycles. The molecule has 0 unspecified atom stereocenters. The molecule has 6 nitrogen and oxygen atoms in total. The number of amides is 1. The molecule has 0 aliphatic carbocycles. The summed E-state index contributed by atoms with van der Waals surface area (Å²) in [4.78, 5) is 35.1. The first-order valence-corrected chi connectivity index (χ1v) is 7.20. The molecule has 1 heterocycles. The Balaban J connectivity index is 1.90. The molecule has 24 heavy (non-hydrogen) atoms. The van der Waals surface area contributed by atoms with Crippen LogP contribution >= 0.6 is 11.6 Å². The highest BCUT2D eigenvalue weighted by Gasteiger charge is 2.13. The van der Waals surface area contributed by atoms with Crippen molar-refractivity contribution in [1.82, 2.24) is 0 Å². The van der Waals surface area contributed by atoms with Crippen LogP contribution in [0.3, 0.4) is 0 Å². The number of hydrogen-bond donors (Lipinski definition) is 2. The van der Waals surface area contributed by atoms with Gasteiger partial charge in [0.05, 0.1) is 10.9 Å². The van der Waals surface area contributed by atoms with Crippen LogP contribution in [0.15, 0.2) is 57.7 Å². The standard InChI is InChI=1S/C17H10ClNO5/c18-10-3-6-14-12(7-10)13(20)8-15(24-14)16(21)19-11-4-1-9(2-5-11)17(22)23/h1-8H,(H,19,21)(H,22,23). The van der Waals surface area contributed by atoms with Crippen molar-refractivity contribution >= 4 is 40.1 Å². The number of nitrogens with one attached hydrogen (secondary N) is 1. The number of halogens is 1. The monoisotopic (exact) mass is 343 g/mol. The number of aromatic carboxylic acids is 1. The van der Waals surface area contributed by atoms with Gasteiger partial charge in [-0.15, -0.1) is 0 Å². The number of carbonyl (C=O) groups excluding carboxylic acids is 1. The maximum Gasteiger partial charge on any atom is 0.335 e. The summed E-state index contributed by atoms with van der Waals surface area (Å²) in [5.74, 6) is -1.84. The lowest BCUT2D eigenvalue weighted by Crippen LogP contribution is -2.15. The second kappa shape index (κ2) is 6.17. The predicted octanol–water partition coefficient (Wildman–Crippen LogP) is 3.40. The fourth-order valence-corrected chi connectivity index (χ4v) is 2.30. The van der Waals surface area contributed by atoms with Crippen LogP contribution in [0.4, 0.5) is 5.69 Å². The molecule has 0 radical (unpaired) electrons. The number of hydrogen-bond acceptors (Lipinski definition) is 4. The number of carbonyl (C=O) groups is 2. The minimum atomic E-state index is -1.06. The van der Waals surface area contributed by atoms with E-state index in [0.717, 1.165) is 6.07 Å². The van der Waals surface area contributed by atoms with E-state index < -0.39 is 11.9 Å². The molecule has 0 aliphatic rings. The van der Waals surface area contributed by atoms with Crippen LogP contribution in [0.25, 0.3) is 11.0 Å². The molecule has 120 valence electrons. The van der Waals surface area contributed by atoms with Crippen molar-refractivity contribution in [3.63, 3.8) is 0 Å². The van der Waals surface area contributed by atoms with Crippen LogP contribution < -0.4 is 10.7 Å². The van der Waals surface area contributed by atoms with Gasteiger partial charge in [0, 0.05) is 16.8 Å². The third kappa shape index (κ3) is 3.13. The molecular weight excluding hydrogens is 334 g/mol. The average molecular weight is 344 g/mol. The number of rotatable bonds is 3. The Morgan fingerprint density at radius 1 is 1.04 bits per heavy atom. The van der Waals surface area contributed by atoms with E-state index in [4.69, 9.17) is 21.1 Å². The molecule has 0 saturated heterocycles. The van der Waals surface area contributed by atoms with Crippen LogP contribution in [-0.2, 0) is 0 Å². The summed E-state index contributed by atoms with van der Waals surface area (Å²) < 4.78 is 5.43. The van der Waals surface area contributed by atoms with E-state index in [1.54, 1.807) is 6.07 Å². The summed E-state index contributed by atoms with van der Waals surface area (Å²) in [5.41, 5.74) is 0.342. The normalized spacial score (nSPS) is 10.5. The van der Waals surface area contributed by atoms with Crippen molar-refractivity contribution in [2.45, 2.75) is 0 Å². The van der Waals surface area contributed by atoms with E-state index >= 15 is 0 Å². The first kappa shape index (κ1) is 15.8. The Kier molecular flexibility index (Phi) is 4.05. The molecule has 2 N–H and O–H groups in total. The van der Waals surface area contributed by atoms with E-state index in [0.29, 0.717) is 10.7 Å². The van der Waals surface area contributed by atoms with Gasteiger partial charge in [0.15, 0.2) is 11.2 Å². The molecular formula is C17H10ClNO5. The third-order valence-corrected chi connectivity index (χ3v) is 3.54. The quantitative estimate of drug-likeness (QED) is 0.759. The second-order valence-corrected chi connectivity index (χ2v) is 5.39. The van der Waals surface area contributed by atoms with Gasteiger partial charge >= 0.3 is 5.97 Å². The molecule has 2 aromatic carbocycles. The summed E-state index contributed by atoms with van der Waals surface area (Å²) in [6.07, 6.45) is 0. The third-order valence-electron chi connectivity index (χ3n) is 3.30. The second-order valence-electron chi connectivity index (χ2n) is 4.95. The highest BCUT2D eigenvalue weighted by atomic mass is 35.5. The van der Waals surface area contributed by atoms with Gasteiger partial charge in [-0.2, -0.15) is 0 Å². The molecule has 7 heteroatoms. The summed E-state index contributed by atoms with van der Waals surface area (Å²) in [7, 11) is 0. The van der Waals surface area contributed by atoms with Gasteiger partial charge in [0.25, 0.3) is 5.91 Å². The fraction of sp³-hybridized carbons (Fsp3) is 0. The smallest absolute Gasteiger partial charge is 0.335 e. The molecule has 3 aromatic rings. The van der Waals surface area contributed by atoms with Gasteiger partial charge in [0.2, 0.25) is 0 Å². The first-order chi connectivity index (χ1) is 11.4. The van der Waals surface area contributed by atoms with Crippen LogP contribution in [0.5, 0.6) is 0 Å². The van der Waals surface area contributed by atoms with E-state index in [-0.39, 0.29) is 27.7 Å². The summed E-state index contributed by atoms with van der Waals surface area (Å²) in [5, 5.41) is 12.1. The SMILES string of the molecule is O=C(O)c1ccc(NC(=O)c2cc(=O)c3cc(Cl)ccc3o2)cc1. The van der Waals surface area contributed by atoms with Gasteiger partial charge in [-0.05, 0) is 42.5 Å². The predicted molar refractivity (Wildman–Crippen MR) is 88.8 cm³/mol. The van der Waals surface area contributed by atoms with Gasteiger partial charge in [0.1, 0.15) is 5.58 Å². The minimum Gasteiger partial charge on any atom is -0.478 e. The van der Waals surface area contributed by atoms with Crippen molar-refractivity contribution in [2.75, 3.05) is 5.32 Å². The highest BCUT2D eigenvalue weighted by molar-refractivity contribution is 6.31. The number of carboxylic acids is 1. The lowest BCUT2D eigenvalue weighted by molar-refractivity contribution is 0.0696. The highest BCUT2D eigenvalue weighted by Crippen LogP contribution is 2.18. The topological polar surface area (TPSA) is 96.6 Å². The Bertz CT molecular complexity index is 1010. The molecule has 0 atom stereocenters. The minimum absolute atomic E-state index is 0.0992.